The molecule has 0 bridgehead atoms. The lowest BCUT2D eigenvalue weighted by Gasteiger charge is -2.19. The van der Waals surface area contributed by atoms with E-state index in [-0.39, 0.29) is 24.2 Å². The predicted octanol–water partition coefficient (Wildman–Crippen LogP) is 2.69. The molecule has 1 rings (SSSR count). The first-order valence-corrected chi connectivity index (χ1v) is 6.54. The third-order valence-corrected chi connectivity index (χ3v) is 2.81. The van der Waals surface area contributed by atoms with Crippen molar-refractivity contribution in [3.63, 3.8) is 0 Å². The molecule has 106 valence electrons. The number of rotatable bonds is 6. The number of hydrogen-bond donors (Lipinski definition) is 1. The van der Waals surface area contributed by atoms with E-state index < -0.39 is 0 Å². The van der Waals surface area contributed by atoms with Crippen LogP contribution in [0.25, 0.3) is 0 Å². The lowest BCUT2D eigenvalue weighted by Crippen LogP contribution is -2.36. The van der Waals surface area contributed by atoms with Gasteiger partial charge in [0.05, 0.1) is 13.2 Å². The Kier molecular flexibility index (Phi) is 5.83. The maximum Gasteiger partial charge on any atom is 0.322 e. The Morgan fingerprint density at radius 3 is 2.16 bits per heavy atom. The molecule has 2 atom stereocenters. The van der Waals surface area contributed by atoms with Gasteiger partial charge in [0.25, 0.3) is 0 Å². The van der Waals surface area contributed by atoms with Gasteiger partial charge in [0.1, 0.15) is 11.8 Å². The minimum Gasteiger partial charge on any atom is -0.491 e. The number of ether oxygens (including phenoxy) is 2. The molecular formula is C15H23NO3. The number of nitrogens with one attached hydrogen (secondary N) is 1. The van der Waals surface area contributed by atoms with Crippen molar-refractivity contribution in [2.24, 2.45) is 0 Å². The zero-order valence-electron chi connectivity index (χ0n) is 12.3. The quantitative estimate of drug-likeness (QED) is 0.803. The lowest BCUT2D eigenvalue weighted by molar-refractivity contribution is -0.142. The topological polar surface area (TPSA) is 47.6 Å². The zero-order chi connectivity index (χ0) is 14.4. The molecule has 4 heteroatoms. The molecule has 0 aliphatic carbocycles. The molecular weight excluding hydrogens is 242 g/mol. The Balaban J connectivity index is 2.62. The van der Waals surface area contributed by atoms with Gasteiger partial charge in [-0.25, -0.2) is 0 Å². The van der Waals surface area contributed by atoms with Gasteiger partial charge >= 0.3 is 5.97 Å². The molecule has 0 saturated carbocycles. The Morgan fingerprint density at radius 2 is 1.68 bits per heavy atom. The van der Waals surface area contributed by atoms with Crippen LogP contribution in [0, 0.1) is 0 Å². The minimum absolute atomic E-state index is 0.0715. The van der Waals surface area contributed by atoms with Crippen molar-refractivity contribution in [1.82, 2.24) is 5.32 Å². The summed E-state index contributed by atoms with van der Waals surface area (Å²) >= 11 is 0. The molecule has 0 spiro atoms. The summed E-state index contributed by atoms with van der Waals surface area (Å²) in [5.41, 5.74) is 1.10. The number of benzene rings is 1. The molecule has 1 aromatic rings. The van der Waals surface area contributed by atoms with Crippen LogP contribution < -0.4 is 10.1 Å². The van der Waals surface area contributed by atoms with Crippen molar-refractivity contribution >= 4 is 5.97 Å². The molecule has 0 aliphatic heterocycles. The van der Waals surface area contributed by atoms with Gasteiger partial charge < -0.3 is 9.47 Å². The maximum atomic E-state index is 11.3. The van der Waals surface area contributed by atoms with Crippen LogP contribution in [0.2, 0.25) is 0 Å². The first kappa shape index (κ1) is 15.5. The summed E-state index contributed by atoms with van der Waals surface area (Å²) in [6.07, 6.45) is 0.167. The monoisotopic (exact) mass is 265 g/mol. The van der Waals surface area contributed by atoms with E-state index in [0.29, 0.717) is 0 Å². The Labute approximate surface area is 115 Å². The SMILES string of the molecule is COC(=O)[C@H](C)NC(C)c1ccc(OC(C)C)cc1. The van der Waals surface area contributed by atoms with Crippen LogP contribution in [0.15, 0.2) is 24.3 Å². The molecule has 0 saturated heterocycles. The van der Waals surface area contributed by atoms with E-state index in [1.165, 1.54) is 7.11 Å². The third kappa shape index (κ3) is 4.91. The number of methoxy groups -OCH3 is 1. The number of esters is 1. The molecule has 1 aromatic carbocycles. The Morgan fingerprint density at radius 1 is 1.11 bits per heavy atom. The van der Waals surface area contributed by atoms with Gasteiger partial charge in [0, 0.05) is 6.04 Å². The van der Waals surface area contributed by atoms with E-state index in [9.17, 15) is 4.79 Å². The summed E-state index contributed by atoms with van der Waals surface area (Å²) in [5.74, 6) is 0.596. The predicted molar refractivity (Wildman–Crippen MR) is 75.2 cm³/mol. The highest BCUT2D eigenvalue weighted by Crippen LogP contribution is 2.19. The number of carbonyl (C=O) groups is 1. The van der Waals surface area contributed by atoms with E-state index in [1.807, 2.05) is 45.0 Å². The van der Waals surface area contributed by atoms with Crippen molar-refractivity contribution in [1.29, 1.82) is 0 Å². The second kappa shape index (κ2) is 7.14. The van der Waals surface area contributed by atoms with Crippen LogP contribution in [-0.4, -0.2) is 25.2 Å². The lowest BCUT2D eigenvalue weighted by atomic mass is 10.1. The van der Waals surface area contributed by atoms with E-state index in [4.69, 9.17) is 9.47 Å². The maximum absolute atomic E-state index is 11.3. The van der Waals surface area contributed by atoms with Crippen molar-refractivity contribution < 1.29 is 14.3 Å². The highest BCUT2D eigenvalue weighted by atomic mass is 16.5. The summed E-state index contributed by atoms with van der Waals surface area (Å²) in [4.78, 5) is 11.3. The molecule has 0 radical (unpaired) electrons. The molecule has 1 unspecified atom stereocenters. The molecule has 0 aromatic heterocycles. The highest BCUT2D eigenvalue weighted by molar-refractivity contribution is 5.75. The van der Waals surface area contributed by atoms with Crippen molar-refractivity contribution in [2.75, 3.05) is 7.11 Å². The van der Waals surface area contributed by atoms with Gasteiger partial charge in [-0.05, 0) is 45.4 Å². The fourth-order valence-electron chi connectivity index (χ4n) is 1.82. The first-order valence-electron chi connectivity index (χ1n) is 6.54. The van der Waals surface area contributed by atoms with Crippen LogP contribution >= 0.6 is 0 Å². The van der Waals surface area contributed by atoms with E-state index in [0.717, 1.165) is 11.3 Å². The van der Waals surface area contributed by atoms with Crippen molar-refractivity contribution in [3.05, 3.63) is 29.8 Å². The second-order valence-corrected chi connectivity index (χ2v) is 4.87. The molecule has 0 amide bonds. The summed E-state index contributed by atoms with van der Waals surface area (Å²) in [6.45, 7) is 7.79. The van der Waals surface area contributed by atoms with Crippen LogP contribution in [-0.2, 0) is 9.53 Å². The minimum atomic E-state index is -0.327. The molecule has 0 fully saturated rings. The van der Waals surface area contributed by atoms with Crippen molar-refractivity contribution in [2.45, 2.75) is 45.9 Å². The normalized spacial score (nSPS) is 14.0. The van der Waals surface area contributed by atoms with Gasteiger partial charge in [-0.1, -0.05) is 12.1 Å². The van der Waals surface area contributed by atoms with Gasteiger partial charge in [-0.3, -0.25) is 10.1 Å². The number of carbonyl (C=O) groups excluding carboxylic acids is 1. The van der Waals surface area contributed by atoms with Gasteiger partial charge in [-0.15, -0.1) is 0 Å². The fourth-order valence-corrected chi connectivity index (χ4v) is 1.82. The van der Waals surface area contributed by atoms with Gasteiger partial charge in [-0.2, -0.15) is 0 Å². The first-order chi connectivity index (χ1) is 8.93. The summed E-state index contributed by atoms with van der Waals surface area (Å²) < 4.78 is 10.3. The van der Waals surface area contributed by atoms with Crippen LogP contribution in [0.3, 0.4) is 0 Å². The Bertz CT molecular complexity index is 400. The highest BCUT2D eigenvalue weighted by Gasteiger charge is 2.16. The molecule has 4 nitrogen and oxygen atoms in total. The fraction of sp³-hybridized carbons (Fsp3) is 0.533. The van der Waals surface area contributed by atoms with Crippen LogP contribution in [0.5, 0.6) is 5.75 Å². The van der Waals surface area contributed by atoms with E-state index in [1.54, 1.807) is 6.92 Å². The average Bonchev–Trinajstić information content (AvgIpc) is 2.37. The number of hydrogen-bond acceptors (Lipinski definition) is 4. The standard InChI is InChI=1S/C15H23NO3/c1-10(2)19-14-8-6-13(7-9-14)11(3)16-12(4)15(17)18-5/h6-12,16H,1-5H3/t11?,12-/m0/s1. The van der Waals surface area contributed by atoms with E-state index >= 15 is 0 Å². The van der Waals surface area contributed by atoms with Crippen LogP contribution in [0.4, 0.5) is 0 Å². The van der Waals surface area contributed by atoms with Crippen molar-refractivity contribution in [3.8, 4) is 5.75 Å². The van der Waals surface area contributed by atoms with Gasteiger partial charge in [0.15, 0.2) is 0 Å². The van der Waals surface area contributed by atoms with Crippen LogP contribution in [0.1, 0.15) is 39.3 Å². The summed E-state index contributed by atoms with van der Waals surface area (Å²) in [6, 6.07) is 7.62. The van der Waals surface area contributed by atoms with E-state index in [2.05, 4.69) is 5.32 Å². The summed E-state index contributed by atoms with van der Waals surface area (Å²) in [5, 5.41) is 3.19. The second-order valence-electron chi connectivity index (χ2n) is 4.87. The molecule has 19 heavy (non-hydrogen) atoms. The molecule has 0 heterocycles. The Hall–Kier alpha value is -1.55. The van der Waals surface area contributed by atoms with Gasteiger partial charge in [0.2, 0.25) is 0 Å². The average molecular weight is 265 g/mol. The molecule has 1 N–H and O–H groups in total. The smallest absolute Gasteiger partial charge is 0.322 e. The largest absolute Gasteiger partial charge is 0.491 e. The zero-order valence-corrected chi connectivity index (χ0v) is 12.3. The molecule has 0 aliphatic rings. The summed E-state index contributed by atoms with van der Waals surface area (Å²) in [7, 11) is 1.39. The third-order valence-electron chi connectivity index (χ3n) is 2.81.